The molecule has 15 heavy (non-hydrogen) atoms. The quantitative estimate of drug-likeness (QED) is 0.812. The van der Waals surface area contributed by atoms with Crippen molar-refractivity contribution in [3.05, 3.63) is 23.9 Å². The third kappa shape index (κ3) is 3.58. The topological polar surface area (TPSA) is 51.2 Å². The number of amides is 1. The maximum Gasteiger partial charge on any atom is 0.222 e. The van der Waals surface area contributed by atoms with E-state index in [1.54, 1.807) is 19.4 Å². The molecule has 0 bridgehead atoms. The zero-order chi connectivity index (χ0) is 11.3. The van der Waals surface area contributed by atoms with Gasteiger partial charge in [-0.2, -0.15) is 0 Å². The molecule has 0 unspecified atom stereocenters. The van der Waals surface area contributed by atoms with Gasteiger partial charge in [0.15, 0.2) is 0 Å². The molecule has 0 fully saturated rings. The number of nitrogens with zero attached hydrogens (tertiary/aromatic N) is 1. The number of ether oxygens (including phenoxy) is 1. The largest absolute Gasteiger partial charge is 0.481 e. The van der Waals surface area contributed by atoms with Crippen molar-refractivity contribution in [2.24, 2.45) is 5.92 Å². The van der Waals surface area contributed by atoms with Crippen molar-refractivity contribution in [1.29, 1.82) is 0 Å². The number of aromatic nitrogens is 1. The fourth-order valence-corrected chi connectivity index (χ4v) is 1.07. The predicted molar refractivity (Wildman–Crippen MR) is 57.5 cm³/mol. The third-order valence-corrected chi connectivity index (χ3v) is 2.00. The van der Waals surface area contributed by atoms with E-state index in [4.69, 9.17) is 4.74 Å². The Labute approximate surface area is 89.7 Å². The van der Waals surface area contributed by atoms with Crippen LogP contribution in [0.1, 0.15) is 19.4 Å². The summed E-state index contributed by atoms with van der Waals surface area (Å²) in [5, 5.41) is 2.83. The molecule has 1 amide bonds. The van der Waals surface area contributed by atoms with Crippen molar-refractivity contribution < 1.29 is 9.53 Å². The van der Waals surface area contributed by atoms with Gasteiger partial charge in [0.1, 0.15) is 0 Å². The highest BCUT2D eigenvalue weighted by atomic mass is 16.5. The summed E-state index contributed by atoms with van der Waals surface area (Å²) < 4.78 is 4.99. The molecule has 0 aliphatic heterocycles. The van der Waals surface area contributed by atoms with Gasteiger partial charge in [-0.15, -0.1) is 0 Å². The van der Waals surface area contributed by atoms with Gasteiger partial charge in [-0.05, 0) is 11.6 Å². The van der Waals surface area contributed by atoms with Gasteiger partial charge in [0.25, 0.3) is 0 Å². The average molecular weight is 208 g/mol. The van der Waals surface area contributed by atoms with E-state index in [2.05, 4.69) is 10.3 Å². The lowest BCUT2D eigenvalue weighted by molar-refractivity contribution is -0.124. The molecular weight excluding hydrogens is 192 g/mol. The highest BCUT2D eigenvalue weighted by molar-refractivity contribution is 5.77. The van der Waals surface area contributed by atoms with E-state index in [0.717, 1.165) is 5.56 Å². The number of carbonyl (C=O) groups is 1. The molecule has 4 nitrogen and oxygen atoms in total. The second kappa shape index (κ2) is 5.34. The number of nitrogens with one attached hydrogen (secondary N) is 1. The summed E-state index contributed by atoms with van der Waals surface area (Å²) in [6.07, 6.45) is 1.66. The van der Waals surface area contributed by atoms with Gasteiger partial charge in [0.2, 0.25) is 11.8 Å². The Morgan fingerprint density at radius 1 is 1.60 bits per heavy atom. The molecule has 1 heterocycles. The van der Waals surface area contributed by atoms with Gasteiger partial charge < -0.3 is 10.1 Å². The SMILES string of the molecule is COc1cc(CNC(=O)C(C)C)ccn1. The summed E-state index contributed by atoms with van der Waals surface area (Å²) >= 11 is 0. The van der Waals surface area contributed by atoms with Crippen LogP contribution in [0.5, 0.6) is 5.88 Å². The molecule has 82 valence electrons. The Balaban J connectivity index is 2.54. The Bertz CT molecular complexity index is 337. The normalized spacial score (nSPS) is 10.1. The number of carbonyl (C=O) groups excluding carboxylic acids is 1. The third-order valence-electron chi connectivity index (χ3n) is 2.00. The fraction of sp³-hybridized carbons (Fsp3) is 0.455. The number of hydrogen-bond donors (Lipinski definition) is 1. The van der Waals surface area contributed by atoms with Crippen molar-refractivity contribution in [3.8, 4) is 5.88 Å². The minimum absolute atomic E-state index is 0.00809. The van der Waals surface area contributed by atoms with Crippen LogP contribution in [0.2, 0.25) is 0 Å². The van der Waals surface area contributed by atoms with Crippen molar-refractivity contribution in [1.82, 2.24) is 10.3 Å². The van der Waals surface area contributed by atoms with Crippen molar-refractivity contribution in [3.63, 3.8) is 0 Å². The standard InChI is InChI=1S/C11H16N2O2/c1-8(2)11(14)13-7-9-4-5-12-10(6-9)15-3/h4-6,8H,7H2,1-3H3,(H,13,14). The molecule has 0 saturated heterocycles. The minimum atomic E-state index is 0.00809. The Hall–Kier alpha value is -1.58. The molecule has 1 aromatic heterocycles. The first-order valence-corrected chi connectivity index (χ1v) is 4.90. The molecule has 0 aromatic carbocycles. The average Bonchev–Trinajstić information content (AvgIpc) is 2.26. The smallest absolute Gasteiger partial charge is 0.222 e. The second-order valence-corrected chi connectivity index (χ2v) is 3.58. The molecule has 0 aliphatic rings. The highest BCUT2D eigenvalue weighted by Crippen LogP contribution is 2.08. The predicted octanol–water partition coefficient (Wildman–Crippen LogP) is 1.36. The summed E-state index contributed by atoms with van der Waals surface area (Å²) in [5.74, 6) is 0.616. The van der Waals surface area contributed by atoms with Crippen LogP contribution in [0.4, 0.5) is 0 Å². The van der Waals surface area contributed by atoms with Crippen molar-refractivity contribution in [2.45, 2.75) is 20.4 Å². The van der Waals surface area contributed by atoms with Crippen LogP contribution in [0.15, 0.2) is 18.3 Å². The van der Waals surface area contributed by atoms with Gasteiger partial charge in [-0.3, -0.25) is 4.79 Å². The molecule has 0 spiro atoms. The fourth-order valence-electron chi connectivity index (χ4n) is 1.07. The summed E-state index contributed by atoms with van der Waals surface area (Å²) in [6.45, 7) is 4.24. The maximum absolute atomic E-state index is 11.3. The molecule has 1 aromatic rings. The van der Waals surface area contributed by atoms with Crippen LogP contribution in [0, 0.1) is 5.92 Å². The number of hydrogen-bond acceptors (Lipinski definition) is 3. The number of methoxy groups -OCH3 is 1. The van der Waals surface area contributed by atoms with Gasteiger partial charge in [-0.25, -0.2) is 4.98 Å². The lowest BCUT2D eigenvalue weighted by Crippen LogP contribution is -2.27. The zero-order valence-electron chi connectivity index (χ0n) is 9.28. The second-order valence-electron chi connectivity index (χ2n) is 3.58. The van der Waals surface area contributed by atoms with E-state index in [1.165, 1.54) is 0 Å². The van der Waals surface area contributed by atoms with Crippen LogP contribution in [-0.4, -0.2) is 18.0 Å². The minimum Gasteiger partial charge on any atom is -0.481 e. The molecule has 0 atom stereocenters. The van der Waals surface area contributed by atoms with Crippen molar-refractivity contribution >= 4 is 5.91 Å². The van der Waals surface area contributed by atoms with Crippen molar-refractivity contribution in [2.75, 3.05) is 7.11 Å². The van der Waals surface area contributed by atoms with E-state index in [9.17, 15) is 4.79 Å². The molecule has 4 heteroatoms. The number of rotatable bonds is 4. The molecule has 0 radical (unpaired) electrons. The first-order chi connectivity index (χ1) is 7.13. The van der Waals surface area contributed by atoms with Crippen LogP contribution in [-0.2, 0) is 11.3 Å². The molecule has 1 N–H and O–H groups in total. The molecule has 1 rings (SSSR count). The summed E-state index contributed by atoms with van der Waals surface area (Å²) in [5.41, 5.74) is 0.982. The summed E-state index contributed by atoms with van der Waals surface area (Å²) in [4.78, 5) is 15.3. The van der Waals surface area contributed by atoms with Gasteiger partial charge in [0.05, 0.1) is 7.11 Å². The van der Waals surface area contributed by atoms with Gasteiger partial charge >= 0.3 is 0 Å². The van der Waals surface area contributed by atoms with Gasteiger partial charge in [0, 0.05) is 24.7 Å². The molecule has 0 saturated carbocycles. The maximum atomic E-state index is 11.3. The summed E-state index contributed by atoms with van der Waals surface area (Å²) in [7, 11) is 1.57. The lowest BCUT2D eigenvalue weighted by atomic mass is 10.2. The zero-order valence-corrected chi connectivity index (χ0v) is 9.28. The van der Waals surface area contributed by atoms with E-state index in [1.807, 2.05) is 19.9 Å². The van der Waals surface area contributed by atoms with Gasteiger partial charge in [-0.1, -0.05) is 13.8 Å². The van der Waals surface area contributed by atoms with Crippen LogP contribution >= 0.6 is 0 Å². The molecule has 0 aliphatic carbocycles. The summed E-state index contributed by atoms with van der Waals surface area (Å²) in [6, 6.07) is 3.66. The first kappa shape index (κ1) is 11.5. The van der Waals surface area contributed by atoms with E-state index in [0.29, 0.717) is 12.4 Å². The number of pyridine rings is 1. The highest BCUT2D eigenvalue weighted by Gasteiger charge is 2.06. The molecular formula is C11H16N2O2. The van der Waals surface area contributed by atoms with Crippen LogP contribution < -0.4 is 10.1 Å². The van der Waals surface area contributed by atoms with E-state index in [-0.39, 0.29) is 11.8 Å². The lowest BCUT2D eigenvalue weighted by Gasteiger charge is -2.08. The van der Waals surface area contributed by atoms with E-state index < -0.39 is 0 Å². The first-order valence-electron chi connectivity index (χ1n) is 4.90. The Morgan fingerprint density at radius 3 is 2.93 bits per heavy atom. The van der Waals surface area contributed by atoms with Crippen LogP contribution in [0.3, 0.4) is 0 Å². The Kier molecular flexibility index (Phi) is 4.09. The van der Waals surface area contributed by atoms with E-state index >= 15 is 0 Å². The monoisotopic (exact) mass is 208 g/mol. The van der Waals surface area contributed by atoms with Crippen LogP contribution in [0.25, 0.3) is 0 Å². The Morgan fingerprint density at radius 2 is 2.33 bits per heavy atom.